The van der Waals surface area contributed by atoms with E-state index in [2.05, 4.69) is 10.3 Å². The summed E-state index contributed by atoms with van der Waals surface area (Å²) in [5, 5.41) is 84.9. The lowest BCUT2D eigenvalue weighted by Crippen LogP contribution is -2.62. The van der Waals surface area contributed by atoms with Gasteiger partial charge in [-0.1, -0.05) is 64.7 Å². The number of aromatic nitrogens is 1. The first-order valence-corrected chi connectivity index (χ1v) is 19.4. The Kier molecular flexibility index (Phi) is 18.2. The van der Waals surface area contributed by atoms with E-state index < -0.39 is 74.6 Å². The summed E-state index contributed by atoms with van der Waals surface area (Å²) in [5.41, 5.74) is 1.77. The largest absolute Gasteiger partial charge is 0.462 e. The van der Waals surface area contributed by atoms with E-state index in [4.69, 9.17) is 18.9 Å². The van der Waals surface area contributed by atoms with E-state index in [1.54, 1.807) is 18.2 Å². The zero-order valence-corrected chi connectivity index (χ0v) is 30.8. The predicted molar refractivity (Wildman–Crippen MR) is 194 cm³/mol. The fourth-order valence-electron chi connectivity index (χ4n) is 6.83. The van der Waals surface area contributed by atoms with Crippen LogP contribution >= 0.6 is 0 Å². The van der Waals surface area contributed by atoms with Crippen LogP contribution in [0.15, 0.2) is 24.4 Å². The van der Waals surface area contributed by atoms with Gasteiger partial charge in [0.15, 0.2) is 6.29 Å². The van der Waals surface area contributed by atoms with Gasteiger partial charge in [-0.15, -0.1) is 0 Å². The molecule has 0 saturated carbocycles. The minimum Gasteiger partial charge on any atom is -0.462 e. The predicted octanol–water partition coefficient (Wildman–Crippen LogP) is 1.28. The number of carbonyl (C=O) groups is 1. The van der Waals surface area contributed by atoms with E-state index in [9.17, 15) is 45.6 Å². The van der Waals surface area contributed by atoms with Gasteiger partial charge in [0, 0.05) is 30.1 Å². The normalized spacial score (nSPS) is 29.7. The van der Waals surface area contributed by atoms with Gasteiger partial charge in [-0.3, -0.25) is 4.79 Å². The molecule has 2 aromatic rings. The lowest BCUT2D eigenvalue weighted by Gasteiger charge is -2.42. The molecule has 0 bridgehead atoms. The Morgan fingerprint density at radius 3 is 2.08 bits per heavy atom. The molecule has 53 heavy (non-hydrogen) atoms. The highest BCUT2D eigenvalue weighted by Crippen LogP contribution is 2.29. The second-order valence-electron chi connectivity index (χ2n) is 14.4. The molecule has 11 atom stereocenters. The minimum atomic E-state index is -1.68. The molecule has 4 rings (SSSR count). The number of rotatable bonds is 23. The first-order chi connectivity index (χ1) is 25.5. The Bertz CT molecular complexity index is 1340. The molecule has 2 aliphatic heterocycles. The van der Waals surface area contributed by atoms with Crippen molar-refractivity contribution in [3.63, 3.8) is 0 Å². The average molecular weight is 755 g/mol. The summed E-state index contributed by atoms with van der Waals surface area (Å²) in [6.45, 7) is 1.36. The number of hydrogen-bond donors (Lipinski definition) is 10. The molecular formula is C38H62N2O13. The number of ether oxygens (including phenoxy) is 4. The average Bonchev–Trinajstić information content (AvgIpc) is 3.56. The van der Waals surface area contributed by atoms with Crippen LogP contribution < -0.4 is 10.1 Å². The summed E-state index contributed by atoms with van der Waals surface area (Å²) in [6.07, 6.45) is 0.845. The van der Waals surface area contributed by atoms with Gasteiger partial charge < -0.3 is 70.1 Å². The molecule has 1 aromatic carbocycles. The molecule has 11 unspecified atom stereocenters. The number of carbonyl (C=O) groups excluding carboxylic acids is 1. The number of amides is 1. The Balaban J connectivity index is 1.16. The number of aliphatic hydroxyl groups is 8. The van der Waals surface area contributed by atoms with Crippen LogP contribution in [0.1, 0.15) is 96.0 Å². The van der Waals surface area contributed by atoms with Gasteiger partial charge in [-0.2, -0.15) is 0 Å². The van der Waals surface area contributed by atoms with Crippen molar-refractivity contribution in [3.05, 3.63) is 30.0 Å². The molecule has 0 radical (unpaired) electrons. The van der Waals surface area contributed by atoms with Crippen LogP contribution in [-0.4, -0.2) is 139 Å². The summed E-state index contributed by atoms with van der Waals surface area (Å²) >= 11 is 0. The van der Waals surface area contributed by atoms with Crippen LogP contribution in [0, 0.1) is 0 Å². The van der Waals surface area contributed by atoms with E-state index in [1.165, 1.54) is 38.5 Å². The summed E-state index contributed by atoms with van der Waals surface area (Å²) in [7, 11) is 0. The van der Waals surface area contributed by atoms with E-state index in [0.717, 1.165) is 55.0 Å². The second-order valence-corrected chi connectivity index (χ2v) is 14.4. The van der Waals surface area contributed by atoms with E-state index in [0.29, 0.717) is 25.1 Å². The third-order valence-electron chi connectivity index (χ3n) is 10.3. The maximum atomic E-state index is 12.5. The van der Waals surface area contributed by atoms with Crippen molar-refractivity contribution < 1.29 is 64.6 Å². The van der Waals surface area contributed by atoms with E-state index >= 15 is 0 Å². The number of H-pyrrole nitrogens is 1. The van der Waals surface area contributed by atoms with Gasteiger partial charge in [0.1, 0.15) is 54.6 Å². The number of fused-ring (bicyclic) bond motifs is 1. The standard InChI is InChI=1S/C38H62N2O13/c1-2-24(42)13-11-9-7-5-3-4-6-8-10-12-14-30(43)39-18-17-23-20-40-27-16-15-25(19-26(23)27)51-38-36(49)34(47)32(45)29(53-38)22-50-37-35(48)33(46)31(44)28(21-41)52-37/h15-16,19-20,24,28-29,31-38,40-42,44-49H,2-14,17-18,21-22H2,1H3,(H,39,43). The van der Waals surface area contributed by atoms with E-state index in [-0.39, 0.29) is 12.0 Å². The van der Waals surface area contributed by atoms with Gasteiger partial charge in [0.25, 0.3) is 0 Å². The fraction of sp³-hybridized carbons (Fsp3) is 0.763. The number of aromatic amines is 1. The monoisotopic (exact) mass is 754 g/mol. The Labute approximate surface area is 311 Å². The number of unbranched alkanes of at least 4 members (excludes halogenated alkanes) is 9. The lowest BCUT2D eigenvalue weighted by molar-refractivity contribution is -0.323. The van der Waals surface area contributed by atoms with Crippen LogP contribution in [-0.2, 0) is 25.4 Å². The van der Waals surface area contributed by atoms with Crippen molar-refractivity contribution in [2.24, 2.45) is 0 Å². The van der Waals surface area contributed by atoms with Crippen LogP contribution in [0.2, 0.25) is 0 Å². The minimum absolute atomic E-state index is 0.0244. The molecule has 302 valence electrons. The summed E-state index contributed by atoms with van der Waals surface area (Å²) in [6, 6.07) is 5.18. The Morgan fingerprint density at radius 2 is 1.42 bits per heavy atom. The van der Waals surface area contributed by atoms with Crippen molar-refractivity contribution in [1.29, 1.82) is 0 Å². The van der Waals surface area contributed by atoms with Crippen molar-refractivity contribution in [2.45, 2.75) is 164 Å². The number of aliphatic hydroxyl groups excluding tert-OH is 8. The van der Waals surface area contributed by atoms with Crippen LogP contribution in [0.4, 0.5) is 0 Å². The highest BCUT2D eigenvalue weighted by Gasteiger charge is 2.48. The van der Waals surface area contributed by atoms with Gasteiger partial charge in [0.05, 0.1) is 19.3 Å². The molecule has 0 spiro atoms. The van der Waals surface area contributed by atoms with Crippen molar-refractivity contribution in [3.8, 4) is 5.75 Å². The number of benzene rings is 1. The van der Waals surface area contributed by atoms with Crippen molar-refractivity contribution in [2.75, 3.05) is 19.8 Å². The SMILES string of the molecule is CCC(O)CCCCCCCCCCCCC(=O)NCCc1c[nH]c2ccc(OC3OC(COC4OC(CO)C(O)C(O)C4O)C(O)C(O)C3O)cc12. The quantitative estimate of drug-likeness (QED) is 0.0720. The van der Waals surface area contributed by atoms with Crippen LogP contribution in [0.5, 0.6) is 5.75 Å². The maximum absolute atomic E-state index is 12.5. The third kappa shape index (κ3) is 12.8. The zero-order valence-electron chi connectivity index (χ0n) is 30.8. The highest BCUT2D eigenvalue weighted by atomic mass is 16.7. The molecule has 15 nitrogen and oxygen atoms in total. The third-order valence-corrected chi connectivity index (χ3v) is 10.3. The molecule has 3 heterocycles. The fourth-order valence-corrected chi connectivity index (χ4v) is 6.83. The van der Waals surface area contributed by atoms with Crippen molar-refractivity contribution in [1.82, 2.24) is 10.3 Å². The smallest absolute Gasteiger partial charge is 0.229 e. The first kappa shape index (κ1) is 43.3. The highest BCUT2D eigenvalue weighted by molar-refractivity contribution is 5.84. The maximum Gasteiger partial charge on any atom is 0.229 e. The number of hydrogen-bond acceptors (Lipinski definition) is 13. The Morgan fingerprint density at radius 1 is 0.811 bits per heavy atom. The summed E-state index contributed by atoms with van der Waals surface area (Å²) < 4.78 is 22.5. The zero-order chi connectivity index (χ0) is 38.3. The van der Waals surface area contributed by atoms with Crippen LogP contribution in [0.25, 0.3) is 10.9 Å². The molecule has 2 aliphatic rings. The molecule has 1 amide bonds. The van der Waals surface area contributed by atoms with Gasteiger partial charge in [-0.25, -0.2) is 0 Å². The van der Waals surface area contributed by atoms with Crippen LogP contribution in [0.3, 0.4) is 0 Å². The van der Waals surface area contributed by atoms with Crippen molar-refractivity contribution >= 4 is 16.8 Å². The van der Waals surface area contributed by atoms with Gasteiger partial charge in [0.2, 0.25) is 12.2 Å². The molecule has 2 fully saturated rings. The van der Waals surface area contributed by atoms with Gasteiger partial charge >= 0.3 is 0 Å². The van der Waals surface area contributed by atoms with Gasteiger partial charge in [-0.05, 0) is 49.4 Å². The second kappa shape index (κ2) is 22.2. The molecule has 0 aliphatic carbocycles. The first-order valence-electron chi connectivity index (χ1n) is 19.4. The molecular weight excluding hydrogens is 692 g/mol. The number of nitrogens with one attached hydrogen (secondary N) is 2. The summed E-state index contributed by atoms with van der Waals surface area (Å²) in [5.74, 6) is 0.336. The molecule has 15 heteroatoms. The molecule has 2 saturated heterocycles. The summed E-state index contributed by atoms with van der Waals surface area (Å²) in [4.78, 5) is 15.7. The Hall–Kier alpha value is -2.41. The van der Waals surface area contributed by atoms with E-state index in [1.807, 2.05) is 13.1 Å². The topological polar surface area (TPSA) is 244 Å². The lowest BCUT2D eigenvalue weighted by atomic mass is 9.98. The molecule has 1 aromatic heterocycles. The molecule has 10 N–H and O–H groups in total.